The van der Waals surface area contributed by atoms with Crippen molar-refractivity contribution in [2.75, 3.05) is 4.90 Å². The summed E-state index contributed by atoms with van der Waals surface area (Å²) in [6.45, 7) is 1.96. The predicted molar refractivity (Wildman–Crippen MR) is 124 cm³/mol. The summed E-state index contributed by atoms with van der Waals surface area (Å²) >= 11 is 0. The van der Waals surface area contributed by atoms with Crippen LogP contribution in [0, 0.1) is 18.8 Å². The molecule has 0 bridgehead atoms. The summed E-state index contributed by atoms with van der Waals surface area (Å²) in [5.41, 5.74) is 3.90. The van der Waals surface area contributed by atoms with Crippen LogP contribution in [0.4, 0.5) is 5.69 Å². The van der Waals surface area contributed by atoms with E-state index >= 15 is 0 Å². The van der Waals surface area contributed by atoms with Gasteiger partial charge in [0.1, 0.15) is 6.04 Å². The molecule has 3 aromatic carbocycles. The first-order valence-corrected chi connectivity index (χ1v) is 11.0. The molecule has 4 atom stereocenters. The third-order valence-electron chi connectivity index (χ3n) is 6.91. The van der Waals surface area contributed by atoms with Gasteiger partial charge in [0.25, 0.3) is 0 Å². The molecule has 0 spiro atoms. The largest absolute Gasteiger partial charge is 0.292 e. The maximum atomic E-state index is 13.8. The van der Waals surface area contributed by atoms with E-state index in [-0.39, 0.29) is 17.6 Å². The Morgan fingerprint density at radius 1 is 0.818 bits per heavy atom. The fourth-order valence-electron chi connectivity index (χ4n) is 5.39. The van der Waals surface area contributed by atoms with E-state index in [0.717, 1.165) is 16.7 Å². The van der Waals surface area contributed by atoms with Gasteiger partial charge in [-0.3, -0.25) is 19.4 Å². The second-order valence-electron chi connectivity index (χ2n) is 8.77. The molecule has 2 saturated heterocycles. The molecule has 6 heteroatoms. The van der Waals surface area contributed by atoms with Gasteiger partial charge >= 0.3 is 0 Å². The number of hydrazone groups is 1. The van der Waals surface area contributed by atoms with Gasteiger partial charge in [-0.2, -0.15) is 5.10 Å². The molecule has 6 rings (SSSR count). The Bertz CT molecular complexity index is 1320. The number of aryl methyl sites for hydroxylation is 1. The molecule has 6 nitrogen and oxygen atoms in total. The van der Waals surface area contributed by atoms with E-state index < -0.39 is 23.9 Å². The maximum absolute atomic E-state index is 13.8. The number of hydrogen-bond donors (Lipinski definition) is 0. The highest BCUT2D eigenvalue weighted by Crippen LogP contribution is 2.53. The van der Waals surface area contributed by atoms with E-state index in [4.69, 9.17) is 0 Å². The fraction of sp³-hybridized carbons (Fsp3) is 0.185. The average Bonchev–Trinajstić information content (AvgIpc) is 3.32. The Labute approximate surface area is 191 Å². The molecule has 0 radical (unpaired) electrons. The first-order valence-electron chi connectivity index (χ1n) is 11.0. The zero-order chi connectivity index (χ0) is 22.7. The Kier molecular flexibility index (Phi) is 4.30. The second kappa shape index (κ2) is 7.24. The number of para-hydroxylation sites is 1. The third kappa shape index (κ3) is 2.80. The van der Waals surface area contributed by atoms with Crippen LogP contribution in [-0.4, -0.2) is 34.9 Å². The van der Waals surface area contributed by atoms with Gasteiger partial charge in [-0.1, -0.05) is 72.3 Å². The lowest BCUT2D eigenvalue weighted by molar-refractivity contribution is -0.124. The summed E-state index contributed by atoms with van der Waals surface area (Å²) in [5.74, 6) is -2.31. The Morgan fingerprint density at radius 2 is 1.48 bits per heavy atom. The van der Waals surface area contributed by atoms with Crippen molar-refractivity contribution >= 4 is 29.5 Å². The van der Waals surface area contributed by atoms with Gasteiger partial charge in [-0.05, 0) is 30.2 Å². The quantitative estimate of drug-likeness (QED) is 0.464. The van der Waals surface area contributed by atoms with E-state index in [1.807, 2.05) is 49.4 Å². The molecule has 3 aliphatic rings. The lowest BCUT2D eigenvalue weighted by atomic mass is 9.83. The van der Waals surface area contributed by atoms with Crippen molar-refractivity contribution in [1.82, 2.24) is 5.01 Å². The van der Waals surface area contributed by atoms with Crippen LogP contribution in [0.3, 0.4) is 0 Å². The van der Waals surface area contributed by atoms with E-state index in [9.17, 15) is 14.4 Å². The zero-order valence-corrected chi connectivity index (χ0v) is 18.0. The second-order valence-corrected chi connectivity index (χ2v) is 8.77. The van der Waals surface area contributed by atoms with E-state index in [1.165, 1.54) is 4.90 Å². The Morgan fingerprint density at radius 3 is 2.24 bits per heavy atom. The van der Waals surface area contributed by atoms with Gasteiger partial charge in [-0.25, -0.2) is 4.90 Å². The van der Waals surface area contributed by atoms with Gasteiger partial charge in [0.05, 0.1) is 29.8 Å². The summed E-state index contributed by atoms with van der Waals surface area (Å²) in [6.07, 6.45) is 1.71. The number of ketones is 1. The Hall–Kier alpha value is -4.06. The highest BCUT2D eigenvalue weighted by atomic mass is 16.2. The minimum Gasteiger partial charge on any atom is -0.292 e. The van der Waals surface area contributed by atoms with Gasteiger partial charge in [0.15, 0.2) is 5.78 Å². The standard InChI is InChI=1S/C27H21N3O3/c1-16-11-13-17(14-12-16)25(31)24-22-21(23-20-10-6-5-7-18(20)15-28-30(23)24)26(32)29(27(22)33)19-8-3-2-4-9-19/h2-15,21-24H,1H3/t21-,22-,23+,24+/m1/s1. The number of nitrogens with zero attached hydrogens (tertiary/aromatic N) is 3. The smallest absolute Gasteiger partial charge is 0.240 e. The van der Waals surface area contributed by atoms with Crippen molar-refractivity contribution in [1.29, 1.82) is 0 Å². The molecule has 0 saturated carbocycles. The summed E-state index contributed by atoms with van der Waals surface area (Å²) in [6, 6.07) is 22.6. The van der Waals surface area contributed by atoms with Crippen molar-refractivity contribution in [3.63, 3.8) is 0 Å². The molecular weight excluding hydrogens is 414 g/mol. The molecule has 0 N–H and O–H groups in total. The molecule has 2 amide bonds. The fourth-order valence-corrected chi connectivity index (χ4v) is 5.39. The van der Waals surface area contributed by atoms with Crippen molar-refractivity contribution in [3.8, 4) is 0 Å². The number of benzene rings is 3. The zero-order valence-electron chi connectivity index (χ0n) is 18.0. The van der Waals surface area contributed by atoms with Crippen LogP contribution in [0.25, 0.3) is 0 Å². The monoisotopic (exact) mass is 435 g/mol. The molecule has 2 fully saturated rings. The topological polar surface area (TPSA) is 70.0 Å². The van der Waals surface area contributed by atoms with Crippen LogP contribution in [-0.2, 0) is 9.59 Å². The van der Waals surface area contributed by atoms with Gasteiger partial charge in [0.2, 0.25) is 11.8 Å². The van der Waals surface area contributed by atoms with Crippen molar-refractivity contribution in [2.45, 2.75) is 19.0 Å². The summed E-state index contributed by atoms with van der Waals surface area (Å²) in [7, 11) is 0. The van der Waals surface area contributed by atoms with Gasteiger partial charge in [-0.15, -0.1) is 0 Å². The molecule has 3 aliphatic heterocycles. The van der Waals surface area contributed by atoms with E-state index in [0.29, 0.717) is 11.3 Å². The number of anilines is 1. The van der Waals surface area contributed by atoms with Crippen LogP contribution >= 0.6 is 0 Å². The van der Waals surface area contributed by atoms with Crippen LogP contribution in [0.5, 0.6) is 0 Å². The molecule has 0 unspecified atom stereocenters. The number of carbonyl (C=O) groups is 3. The minimum absolute atomic E-state index is 0.194. The maximum Gasteiger partial charge on any atom is 0.240 e. The minimum atomic E-state index is -0.850. The molecule has 162 valence electrons. The van der Waals surface area contributed by atoms with E-state index in [1.54, 1.807) is 47.6 Å². The molecule has 0 aromatic heterocycles. The Balaban J connectivity index is 1.50. The predicted octanol–water partition coefficient (Wildman–Crippen LogP) is 3.76. The van der Waals surface area contributed by atoms with Crippen molar-refractivity contribution < 1.29 is 14.4 Å². The van der Waals surface area contributed by atoms with Gasteiger partial charge in [0, 0.05) is 5.56 Å². The van der Waals surface area contributed by atoms with Crippen LogP contribution in [0.1, 0.15) is 33.1 Å². The third-order valence-corrected chi connectivity index (χ3v) is 6.91. The molecule has 0 aliphatic carbocycles. The SMILES string of the molecule is Cc1ccc(C(=O)[C@@H]2[C@@H]3C(=O)N(c4ccccc4)C(=O)[C@H]3[C@@H]3c4ccccc4C=NN23)cc1. The first kappa shape index (κ1) is 19.6. The first-order chi connectivity index (χ1) is 16.1. The van der Waals surface area contributed by atoms with Crippen LogP contribution in [0.2, 0.25) is 0 Å². The average molecular weight is 435 g/mol. The number of Topliss-reactive ketones (excluding diaryl/α,β-unsaturated/α-hetero) is 1. The number of amides is 2. The summed E-state index contributed by atoms with van der Waals surface area (Å²) in [5, 5.41) is 6.28. The molecular formula is C27H21N3O3. The van der Waals surface area contributed by atoms with Crippen LogP contribution in [0.15, 0.2) is 84.0 Å². The summed E-state index contributed by atoms with van der Waals surface area (Å²) in [4.78, 5) is 42.5. The normalized spacial score (nSPS) is 25.1. The molecule has 33 heavy (non-hydrogen) atoms. The summed E-state index contributed by atoms with van der Waals surface area (Å²) < 4.78 is 0. The number of rotatable bonds is 3. The number of carbonyl (C=O) groups excluding carboxylic acids is 3. The number of hydrogen-bond acceptors (Lipinski definition) is 5. The lowest BCUT2D eigenvalue weighted by Gasteiger charge is -2.33. The highest BCUT2D eigenvalue weighted by molar-refractivity contribution is 6.24. The highest BCUT2D eigenvalue weighted by Gasteiger charge is 2.65. The van der Waals surface area contributed by atoms with E-state index in [2.05, 4.69) is 5.10 Å². The van der Waals surface area contributed by atoms with Crippen molar-refractivity contribution in [2.24, 2.45) is 16.9 Å². The van der Waals surface area contributed by atoms with Crippen molar-refractivity contribution in [3.05, 3.63) is 101 Å². The number of fused-ring (bicyclic) bond motifs is 5. The van der Waals surface area contributed by atoms with Gasteiger partial charge < -0.3 is 0 Å². The number of imide groups is 1. The van der Waals surface area contributed by atoms with Crippen LogP contribution < -0.4 is 4.90 Å². The lowest BCUT2D eigenvalue weighted by Crippen LogP contribution is -2.44. The molecule has 3 aromatic rings. The molecule has 3 heterocycles.